The number of amides is 1. The van der Waals surface area contributed by atoms with E-state index in [1.165, 1.54) is 10.1 Å². The average Bonchev–Trinajstić information content (AvgIpc) is 3.14. The van der Waals surface area contributed by atoms with Gasteiger partial charge in [-0.3, -0.25) is 14.2 Å². The molecule has 0 fully saturated rings. The lowest BCUT2D eigenvalue weighted by atomic mass is 10.2. The third kappa shape index (κ3) is 4.84. The number of carbonyl (C=O) groups excluding carboxylic acids is 1. The summed E-state index contributed by atoms with van der Waals surface area (Å²) in [5, 5.41) is 7.67. The minimum Gasteiger partial charge on any atom is -0.355 e. The number of nitrogens with one attached hydrogen (secondary N) is 2. The molecular formula is C18H19N3O2S3. The van der Waals surface area contributed by atoms with Gasteiger partial charge in [-0.15, -0.1) is 0 Å². The third-order valence-electron chi connectivity index (χ3n) is 3.87. The molecular weight excluding hydrogens is 386 g/mol. The van der Waals surface area contributed by atoms with Crippen molar-refractivity contribution >= 4 is 52.1 Å². The quantitative estimate of drug-likeness (QED) is 0.444. The number of thioether (sulfide) groups is 1. The van der Waals surface area contributed by atoms with Crippen molar-refractivity contribution in [3.8, 4) is 0 Å². The largest absolute Gasteiger partial charge is 0.355 e. The minimum absolute atomic E-state index is 0.0735. The van der Waals surface area contributed by atoms with Crippen LogP contribution in [0.25, 0.3) is 10.9 Å². The predicted octanol–water partition coefficient (Wildman–Crippen LogP) is 3.56. The SMILES string of the molecule is O=C(CCn1c(=S)[nH]c2ccccc2c1=O)NCCSCc1ccsc1. The second-order valence-electron chi connectivity index (χ2n) is 5.72. The molecule has 136 valence electrons. The molecule has 2 heterocycles. The Hall–Kier alpha value is -1.90. The van der Waals surface area contributed by atoms with E-state index in [0.29, 0.717) is 22.2 Å². The molecule has 0 atom stereocenters. The van der Waals surface area contributed by atoms with Gasteiger partial charge in [-0.25, -0.2) is 0 Å². The zero-order valence-electron chi connectivity index (χ0n) is 14.1. The predicted molar refractivity (Wildman–Crippen MR) is 112 cm³/mol. The van der Waals surface area contributed by atoms with Crippen LogP contribution in [-0.4, -0.2) is 27.8 Å². The molecule has 2 N–H and O–H groups in total. The normalized spacial score (nSPS) is 10.9. The molecule has 5 nitrogen and oxygen atoms in total. The van der Waals surface area contributed by atoms with Crippen molar-refractivity contribution in [1.82, 2.24) is 14.9 Å². The Morgan fingerprint density at radius 2 is 2.15 bits per heavy atom. The smallest absolute Gasteiger partial charge is 0.262 e. The van der Waals surface area contributed by atoms with Crippen molar-refractivity contribution < 1.29 is 4.79 Å². The van der Waals surface area contributed by atoms with Crippen molar-refractivity contribution in [3.05, 3.63) is 61.8 Å². The molecule has 8 heteroatoms. The number of thiophene rings is 1. The number of para-hydroxylation sites is 1. The fourth-order valence-electron chi connectivity index (χ4n) is 2.53. The van der Waals surface area contributed by atoms with E-state index in [0.717, 1.165) is 11.5 Å². The number of H-pyrrole nitrogens is 1. The van der Waals surface area contributed by atoms with Gasteiger partial charge in [0.05, 0.1) is 10.9 Å². The summed E-state index contributed by atoms with van der Waals surface area (Å²) < 4.78 is 1.79. The van der Waals surface area contributed by atoms with Crippen molar-refractivity contribution in [2.24, 2.45) is 0 Å². The summed E-state index contributed by atoms with van der Waals surface area (Å²) in [7, 11) is 0. The lowest BCUT2D eigenvalue weighted by Crippen LogP contribution is -2.29. The highest BCUT2D eigenvalue weighted by Gasteiger charge is 2.07. The maximum Gasteiger partial charge on any atom is 0.262 e. The monoisotopic (exact) mass is 405 g/mol. The molecule has 26 heavy (non-hydrogen) atoms. The number of aromatic nitrogens is 2. The Balaban J connectivity index is 1.48. The topological polar surface area (TPSA) is 66.9 Å². The first kappa shape index (κ1) is 18.9. The van der Waals surface area contributed by atoms with Gasteiger partial charge < -0.3 is 10.3 Å². The van der Waals surface area contributed by atoms with Gasteiger partial charge in [-0.2, -0.15) is 23.1 Å². The highest BCUT2D eigenvalue weighted by atomic mass is 32.2. The Labute approximate surface area is 164 Å². The summed E-state index contributed by atoms with van der Waals surface area (Å²) in [4.78, 5) is 27.6. The van der Waals surface area contributed by atoms with E-state index in [1.807, 2.05) is 18.2 Å². The number of carbonyl (C=O) groups is 1. The summed E-state index contributed by atoms with van der Waals surface area (Å²) in [6, 6.07) is 9.34. The van der Waals surface area contributed by atoms with Gasteiger partial charge in [0.15, 0.2) is 4.77 Å². The fourth-order valence-corrected chi connectivity index (χ4v) is 4.40. The molecule has 3 aromatic rings. The van der Waals surface area contributed by atoms with Crippen LogP contribution in [-0.2, 0) is 17.1 Å². The number of rotatable bonds is 8. The van der Waals surface area contributed by atoms with E-state index in [9.17, 15) is 9.59 Å². The number of hydrogen-bond donors (Lipinski definition) is 2. The van der Waals surface area contributed by atoms with E-state index in [4.69, 9.17) is 12.2 Å². The van der Waals surface area contributed by atoms with E-state index in [2.05, 4.69) is 27.1 Å². The Morgan fingerprint density at radius 3 is 2.96 bits per heavy atom. The standard InChI is InChI=1S/C18H19N3O2S3/c22-16(19-7-10-26-12-13-6-9-25-11-13)5-8-21-17(23)14-3-1-2-4-15(14)20-18(21)24/h1-4,6,9,11H,5,7-8,10,12H2,(H,19,22)(H,20,24). The third-order valence-corrected chi connectivity index (χ3v) is 5.95. The van der Waals surface area contributed by atoms with Crippen molar-refractivity contribution in [2.75, 3.05) is 12.3 Å². The molecule has 0 radical (unpaired) electrons. The number of benzene rings is 1. The maximum atomic E-state index is 12.5. The van der Waals surface area contributed by atoms with Crippen molar-refractivity contribution in [1.29, 1.82) is 0 Å². The second-order valence-corrected chi connectivity index (χ2v) is 7.99. The van der Waals surface area contributed by atoms with E-state index in [-0.39, 0.29) is 24.4 Å². The molecule has 0 aliphatic rings. The zero-order valence-corrected chi connectivity index (χ0v) is 16.5. The molecule has 0 aliphatic heterocycles. The van der Waals surface area contributed by atoms with Crippen LogP contribution in [0, 0.1) is 4.77 Å². The van der Waals surface area contributed by atoms with Crippen LogP contribution in [0.5, 0.6) is 0 Å². The van der Waals surface area contributed by atoms with Gasteiger partial charge in [0.25, 0.3) is 5.56 Å². The summed E-state index contributed by atoms with van der Waals surface area (Å²) in [6.07, 6.45) is 0.227. The summed E-state index contributed by atoms with van der Waals surface area (Å²) >= 11 is 8.74. The molecule has 1 aromatic carbocycles. The highest BCUT2D eigenvalue weighted by molar-refractivity contribution is 7.98. The van der Waals surface area contributed by atoms with Crippen LogP contribution in [0.4, 0.5) is 0 Å². The molecule has 0 saturated heterocycles. The van der Waals surface area contributed by atoms with E-state index < -0.39 is 0 Å². The molecule has 0 spiro atoms. The first-order valence-corrected chi connectivity index (χ1v) is 10.7. The average molecular weight is 406 g/mol. The maximum absolute atomic E-state index is 12.5. The number of fused-ring (bicyclic) bond motifs is 1. The fraction of sp³-hybridized carbons (Fsp3) is 0.278. The van der Waals surface area contributed by atoms with Gasteiger partial charge in [0.2, 0.25) is 5.91 Å². The number of hydrogen-bond acceptors (Lipinski definition) is 5. The van der Waals surface area contributed by atoms with Gasteiger partial charge in [-0.05, 0) is 46.7 Å². The van der Waals surface area contributed by atoms with Gasteiger partial charge in [-0.1, -0.05) is 12.1 Å². The van der Waals surface area contributed by atoms with Crippen LogP contribution >= 0.6 is 35.3 Å². The minimum atomic E-state index is -0.163. The van der Waals surface area contributed by atoms with Crippen LogP contribution < -0.4 is 10.9 Å². The van der Waals surface area contributed by atoms with Crippen LogP contribution in [0.3, 0.4) is 0 Å². The summed E-state index contributed by atoms with van der Waals surface area (Å²) in [5.74, 6) is 1.74. The number of nitrogens with zero attached hydrogens (tertiary/aromatic N) is 1. The Kier molecular flexibility index (Phi) is 6.65. The molecule has 0 saturated carbocycles. The van der Waals surface area contributed by atoms with Crippen LogP contribution in [0.15, 0.2) is 45.9 Å². The van der Waals surface area contributed by atoms with Crippen molar-refractivity contribution in [2.45, 2.75) is 18.7 Å². The molecule has 3 rings (SSSR count). The zero-order chi connectivity index (χ0) is 18.4. The molecule has 0 bridgehead atoms. The molecule has 2 aromatic heterocycles. The van der Waals surface area contributed by atoms with Gasteiger partial charge in [0, 0.05) is 31.0 Å². The lowest BCUT2D eigenvalue weighted by molar-refractivity contribution is -0.121. The lowest BCUT2D eigenvalue weighted by Gasteiger charge is -2.08. The van der Waals surface area contributed by atoms with Crippen LogP contribution in [0.2, 0.25) is 0 Å². The highest BCUT2D eigenvalue weighted by Crippen LogP contribution is 2.14. The van der Waals surface area contributed by atoms with E-state index in [1.54, 1.807) is 29.2 Å². The summed E-state index contributed by atoms with van der Waals surface area (Å²) in [6.45, 7) is 0.889. The van der Waals surface area contributed by atoms with E-state index >= 15 is 0 Å². The van der Waals surface area contributed by atoms with Gasteiger partial charge >= 0.3 is 0 Å². The summed E-state index contributed by atoms with van der Waals surface area (Å²) in [5.41, 5.74) is 1.87. The molecule has 1 amide bonds. The number of aromatic amines is 1. The van der Waals surface area contributed by atoms with Gasteiger partial charge in [0.1, 0.15) is 0 Å². The Morgan fingerprint density at radius 1 is 1.31 bits per heavy atom. The first-order chi connectivity index (χ1) is 12.6. The second kappa shape index (κ2) is 9.16. The first-order valence-electron chi connectivity index (χ1n) is 8.22. The molecule has 0 aliphatic carbocycles. The molecule has 0 unspecified atom stereocenters. The Bertz CT molecular complexity index is 993. The van der Waals surface area contributed by atoms with Crippen LogP contribution in [0.1, 0.15) is 12.0 Å². The van der Waals surface area contributed by atoms with Crippen molar-refractivity contribution in [3.63, 3.8) is 0 Å².